The van der Waals surface area contributed by atoms with Gasteiger partial charge >= 0.3 is 0 Å². The van der Waals surface area contributed by atoms with E-state index in [0.717, 1.165) is 23.4 Å². The van der Waals surface area contributed by atoms with Crippen molar-refractivity contribution in [2.75, 3.05) is 6.26 Å². The molecule has 0 aliphatic rings. The first-order chi connectivity index (χ1) is 9.34. The van der Waals surface area contributed by atoms with E-state index in [1.54, 1.807) is 6.92 Å². The van der Waals surface area contributed by atoms with Crippen LogP contribution in [0, 0.1) is 0 Å². The second kappa shape index (κ2) is 5.54. The van der Waals surface area contributed by atoms with Crippen LogP contribution in [0.2, 0.25) is 0 Å². The smallest absolute Gasteiger partial charge is 0.151 e. The van der Waals surface area contributed by atoms with Crippen LogP contribution in [0.3, 0.4) is 0 Å². The van der Waals surface area contributed by atoms with Gasteiger partial charge in [-0.15, -0.1) is 0 Å². The molecule has 0 aliphatic carbocycles. The minimum atomic E-state index is -3.13. The van der Waals surface area contributed by atoms with Crippen LogP contribution in [0.25, 0.3) is 11.0 Å². The van der Waals surface area contributed by atoms with Gasteiger partial charge in [0.2, 0.25) is 0 Å². The highest BCUT2D eigenvalue weighted by molar-refractivity contribution is 7.91. The average molecular weight is 295 g/mol. The van der Waals surface area contributed by atoms with E-state index in [1.165, 1.54) is 6.26 Å². The molecule has 2 unspecified atom stereocenters. The van der Waals surface area contributed by atoms with E-state index in [0.29, 0.717) is 6.42 Å². The number of benzene rings is 1. The SMILES string of the molecule is CCn1c(CC(N)C(C)S(C)(=O)=O)nc2ccccc21. The summed E-state index contributed by atoms with van der Waals surface area (Å²) in [6.07, 6.45) is 1.68. The van der Waals surface area contributed by atoms with Crippen LogP contribution in [0.15, 0.2) is 24.3 Å². The molecule has 0 spiro atoms. The maximum absolute atomic E-state index is 11.6. The molecular weight excluding hydrogens is 274 g/mol. The highest BCUT2D eigenvalue weighted by atomic mass is 32.2. The van der Waals surface area contributed by atoms with Crippen molar-refractivity contribution >= 4 is 20.9 Å². The highest BCUT2D eigenvalue weighted by Crippen LogP contribution is 2.18. The maximum Gasteiger partial charge on any atom is 0.151 e. The molecule has 1 aromatic heterocycles. The Morgan fingerprint density at radius 2 is 2.00 bits per heavy atom. The molecular formula is C14H21N3O2S. The molecule has 110 valence electrons. The third-order valence-electron chi connectivity index (χ3n) is 3.75. The molecule has 2 N–H and O–H groups in total. The highest BCUT2D eigenvalue weighted by Gasteiger charge is 2.24. The Kier molecular flexibility index (Phi) is 4.15. The third-order valence-corrected chi connectivity index (χ3v) is 5.45. The summed E-state index contributed by atoms with van der Waals surface area (Å²) in [6.45, 7) is 4.48. The van der Waals surface area contributed by atoms with Crippen LogP contribution < -0.4 is 5.73 Å². The molecule has 1 heterocycles. The van der Waals surface area contributed by atoms with Crippen molar-refractivity contribution in [1.82, 2.24) is 9.55 Å². The summed E-state index contributed by atoms with van der Waals surface area (Å²) < 4.78 is 25.3. The van der Waals surface area contributed by atoms with Gasteiger partial charge in [-0.2, -0.15) is 0 Å². The Labute approximate surface area is 119 Å². The molecule has 0 saturated heterocycles. The number of sulfone groups is 1. The second-order valence-corrected chi connectivity index (χ2v) is 7.57. The fourth-order valence-electron chi connectivity index (χ4n) is 2.33. The Hall–Kier alpha value is -1.40. The number of rotatable bonds is 5. The van der Waals surface area contributed by atoms with E-state index in [4.69, 9.17) is 5.73 Å². The molecule has 2 aromatic rings. The summed E-state index contributed by atoms with van der Waals surface area (Å²) in [7, 11) is -3.13. The first-order valence-corrected chi connectivity index (χ1v) is 8.68. The summed E-state index contributed by atoms with van der Waals surface area (Å²) >= 11 is 0. The quantitative estimate of drug-likeness (QED) is 0.903. The fraction of sp³-hybridized carbons (Fsp3) is 0.500. The second-order valence-electron chi connectivity index (χ2n) is 5.16. The van der Waals surface area contributed by atoms with Gasteiger partial charge in [0, 0.05) is 25.3 Å². The molecule has 0 radical (unpaired) electrons. The average Bonchev–Trinajstić information content (AvgIpc) is 2.73. The van der Waals surface area contributed by atoms with Crippen molar-refractivity contribution in [3.63, 3.8) is 0 Å². The number of aromatic nitrogens is 2. The summed E-state index contributed by atoms with van der Waals surface area (Å²) in [5, 5.41) is -0.576. The fourth-order valence-corrected chi connectivity index (χ4v) is 3.06. The molecule has 0 aliphatic heterocycles. The summed E-state index contributed by atoms with van der Waals surface area (Å²) in [5.74, 6) is 0.844. The number of aryl methyl sites for hydroxylation is 1. The Bertz CT molecular complexity index is 706. The topological polar surface area (TPSA) is 78.0 Å². The molecule has 2 atom stereocenters. The Morgan fingerprint density at radius 3 is 2.60 bits per heavy atom. The van der Waals surface area contributed by atoms with Crippen molar-refractivity contribution < 1.29 is 8.42 Å². The van der Waals surface area contributed by atoms with E-state index in [2.05, 4.69) is 9.55 Å². The van der Waals surface area contributed by atoms with Crippen LogP contribution in [0.5, 0.6) is 0 Å². The largest absolute Gasteiger partial charge is 0.328 e. The number of fused-ring (bicyclic) bond motifs is 1. The first-order valence-electron chi connectivity index (χ1n) is 6.73. The molecule has 2 rings (SSSR count). The number of nitrogens with two attached hydrogens (primary N) is 1. The van der Waals surface area contributed by atoms with Crippen molar-refractivity contribution in [3.05, 3.63) is 30.1 Å². The normalized spacial score (nSPS) is 15.4. The minimum absolute atomic E-state index is 0.452. The molecule has 0 saturated carbocycles. The van der Waals surface area contributed by atoms with Gasteiger partial charge in [-0.3, -0.25) is 0 Å². The van der Waals surface area contributed by atoms with Gasteiger partial charge in [0.25, 0.3) is 0 Å². The first kappa shape index (κ1) is 15.0. The molecule has 0 bridgehead atoms. The zero-order valence-electron chi connectivity index (χ0n) is 12.1. The van der Waals surface area contributed by atoms with E-state index >= 15 is 0 Å². The van der Waals surface area contributed by atoms with Gasteiger partial charge in [-0.25, -0.2) is 13.4 Å². The molecule has 1 aromatic carbocycles. The van der Waals surface area contributed by atoms with Crippen molar-refractivity contribution in [3.8, 4) is 0 Å². The van der Waals surface area contributed by atoms with Crippen molar-refractivity contribution in [2.24, 2.45) is 5.73 Å². The van der Waals surface area contributed by atoms with Crippen LogP contribution in [-0.2, 0) is 22.8 Å². The van der Waals surface area contributed by atoms with Crippen LogP contribution in [-0.4, -0.2) is 35.5 Å². The number of imidazole rings is 1. The predicted molar refractivity (Wildman–Crippen MR) is 81.4 cm³/mol. The lowest BCUT2D eigenvalue weighted by Gasteiger charge is -2.18. The number of para-hydroxylation sites is 2. The summed E-state index contributed by atoms with van der Waals surface area (Å²) in [5.41, 5.74) is 8.03. The number of hydrogen-bond acceptors (Lipinski definition) is 4. The van der Waals surface area contributed by atoms with Gasteiger partial charge < -0.3 is 10.3 Å². The van der Waals surface area contributed by atoms with Gasteiger partial charge in [-0.05, 0) is 26.0 Å². The van der Waals surface area contributed by atoms with Crippen LogP contribution >= 0.6 is 0 Å². The summed E-state index contributed by atoms with van der Waals surface area (Å²) in [6, 6.07) is 7.43. The predicted octanol–water partition coefficient (Wildman–Crippen LogP) is 1.36. The molecule has 0 amide bonds. The molecule has 0 fully saturated rings. The molecule has 20 heavy (non-hydrogen) atoms. The number of hydrogen-bond donors (Lipinski definition) is 1. The molecule has 6 heteroatoms. The van der Waals surface area contributed by atoms with E-state index in [9.17, 15) is 8.42 Å². The van der Waals surface area contributed by atoms with E-state index in [1.807, 2.05) is 31.2 Å². The monoisotopic (exact) mass is 295 g/mol. The van der Waals surface area contributed by atoms with Crippen LogP contribution in [0.4, 0.5) is 0 Å². The lowest BCUT2D eigenvalue weighted by molar-refractivity contribution is 0.550. The lowest BCUT2D eigenvalue weighted by Crippen LogP contribution is -2.40. The maximum atomic E-state index is 11.6. The van der Waals surface area contributed by atoms with E-state index < -0.39 is 21.1 Å². The lowest BCUT2D eigenvalue weighted by atomic mass is 10.1. The van der Waals surface area contributed by atoms with E-state index in [-0.39, 0.29) is 0 Å². The van der Waals surface area contributed by atoms with Crippen molar-refractivity contribution in [1.29, 1.82) is 0 Å². The standard InChI is InChI=1S/C14H21N3O2S/c1-4-17-13-8-6-5-7-12(13)16-14(17)9-11(15)10(2)20(3,18)19/h5-8,10-11H,4,9,15H2,1-3H3. The van der Waals surface area contributed by atoms with Gasteiger partial charge in [0.1, 0.15) is 5.82 Å². The van der Waals surface area contributed by atoms with Crippen LogP contribution in [0.1, 0.15) is 19.7 Å². The third kappa shape index (κ3) is 2.86. The number of nitrogens with zero attached hydrogens (tertiary/aromatic N) is 2. The molecule has 5 nitrogen and oxygen atoms in total. The van der Waals surface area contributed by atoms with Gasteiger partial charge in [0.15, 0.2) is 9.84 Å². The zero-order chi connectivity index (χ0) is 14.9. The summed E-state index contributed by atoms with van der Waals surface area (Å²) in [4.78, 5) is 4.58. The van der Waals surface area contributed by atoms with Gasteiger partial charge in [0.05, 0.1) is 16.3 Å². The van der Waals surface area contributed by atoms with Crippen molar-refractivity contribution in [2.45, 2.75) is 38.1 Å². The van der Waals surface area contributed by atoms with Gasteiger partial charge in [-0.1, -0.05) is 12.1 Å². The Morgan fingerprint density at radius 1 is 1.35 bits per heavy atom. The minimum Gasteiger partial charge on any atom is -0.328 e. The Balaban J connectivity index is 2.34. The zero-order valence-corrected chi connectivity index (χ0v) is 12.9.